The zero-order chi connectivity index (χ0) is 6.32. The monoisotopic (exact) mass is 125 g/mol. The van der Waals surface area contributed by atoms with Gasteiger partial charge >= 0.3 is 0 Å². The number of ether oxygens (including phenoxy) is 1. The summed E-state index contributed by atoms with van der Waals surface area (Å²) >= 11 is 0. The Balaban J connectivity index is 2.01. The molecule has 48 valence electrons. The van der Waals surface area contributed by atoms with Crippen molar-refractivity contribution in [2.45, 2.75) is 12.5 Å². The Labute approximate surface area is 52.7 Å². The van der Waals surface area contributed by atoms with Gasteiger partial charge in [0.25, 0.3) is 0 Å². The minimum absolute atomic E-state index is 0.240. The van der Waals surface area contributed by atoms with E-state index in [1.165, 1.54) is 0 Å². The molecular formula is C6H7NO2. The predicted octanol–water partition coefficient (Wildman–Crippen LogP) is 0.111. The average molecular weight is 125 g/mol. The van der Waals surface area contributed by atoms with Crippen molar-refractivity contribution in [3.05, 3.63) is 0 Å². The van der Waals surface area contributed by atoms with Gasteiger partial charge < -0.3 is 4.74 Å². The molecule has 1 atom stereocenters. The van der Waals surface area contributed by atoms with E-state index in [0.29, 0.717) is 0 Å². The smallest absolute Gasteiger partial charge is 0.235 e. The Morgan fingerprint density at radius 3 is 2.78 bits per heavy atom. The number of hydrogen-bond donors (Lipinski definition) is 0. The summed E-state index contributed by atoms with van der Waals surface area (Å²) < 4.78 is 4.99. The third kappa shape index (κ3) is 0.560. The minimum atomic E-state index is 0.240. The highest BCUT2D eigenvalue weighted by atomic mass is 16.5. The van der Waals surface area contributed by atoms with Crippen molar-refractivity contribution < 1.29 is 9.53 Å². The van der Waals surface area contributed by atoms with Crippen molar-refractivity contribution in [3.63, 3.8) is 0 Å². The molecule has 0 aromatic heterocycles. The average Bonchev–Trinajstić information content (AvgIpc) is 2.41. The van der Waals surface area contributed by atoms with Crippen molar-refractivity contribution in [1.29, 1.82) is 0 Å². The number of nitrogens with zero attached hydrogens (tertiary/aromatic N) is 1. The summed E-state index contributed by atoms with van der Waals surface area (Å²) in [6, 6.07) is 0.240. The number of hydrogen-bond acceptors (Lipinski definition) is 3. The molecule has 0 N–H and O–H groups in total. The van der Waals surface area contributed by atoms with E-state index in [0.717, 1.165) is 19.6 Å². The Bertz CT molecular complexity index is 179. The zero-order valence-corrected chi connectivity index (χ0v) is 4.96. The van der Waals surface area contributed by atoms with Crippen LogP contribution in [0.15, 0.2) is 4.99 Å². The van der Waals surface area contributed by atoms with Gasteiger partial charge in [-0.1, -0.05) is 0 Å². The van der Waals surface area contributed by atoms with Crippen molar-refractivity contribution >= 4 is 6.08 Å². The minimum Gasteiger partial charge on any atom is -0.380 e. The molecule has 1 heterocycles. The molecule has 0 aromatic carbocycles. The Morgan fingerprint density at radius 1 is 1.67 bits per heavy atom. The fraction of sp³-hybridized carbons (Fsp3) is 0.833. The quantitative estimate of drug-likeness (QED) is 0.368. The van der Waals surface area contributed by atoms with Gasteiger partial charge in [-0.25, -0.2) is 9.79 Å². The largest absolute Gasteiger partial charge is 0.380 e. The lowest BCUT2D eigenvalue weighted by Crippen LogP contribution is -2.32. The van der Waals surface area contributed by atoms with Crippen LogP contribution in [-0.2, 0) is 9.53 Å². The molecule has 9 heavy (non-hydrogen) atoms. The van der Waals surface area contributed by atoms with E-state index < -0.39 is 0 Å². The highest BCUT2D eigenvalue weighted by Gasteiger charge is 2.60. The van der Waals surface area contributed by atoms with Gasteiger partial charge in [0, 0.05) is 5.41 Å². The van der Waals surface area contributed by atoms with Crippen LogP contribution < -0.4 is 0 Å². The summed E-state index contributed by atoms with van der Waals surface area (Å²) in [5.41, 5.74) is 0.289. The first-order chi connectivity index (χ1) is 4.37. The van der Waals surface area contributed by atoms with Crippen LogP contribution in [0.1, 0.15) is 6.42 Å². The van der Waals surface area contributed by atoms with E-state index in [1.54, 1.807) is 6.08 Å². The Morgan fingerprint density at radius 2 is 2.44 bits per heavy atom. The first-order valence-electron chi connectivity index (χ1n) is 3.02. The van der Waals surface area contributed by atoms with Gasteiger partial charge in [0.05, 0.1) is 19.3 Å². The van der Waals surface area contributed by atoms with Gasteiger partial charge in [-0.3, -0.25) is 0 Å². The maximum Gasteiger partial charge on any atom is 0.235 e. The predicted molar refractivity (Wildman–Crippen MR) is 29.8 cm³/mol. The molecule has 1 saturated carbocycles. The highest BCUT2D eigenvalue weighted by molar-refractivity contribution is 5.36. The molecule has 1 unspecified atom stereocenters. The van der Waals surface area contributed by atoms with Crippen LogP contribution in [0, 0.1) is 5.41 Å². The molecule has 0 amide bonds. The molecular weight excluding hydrogens is 118 g/mol. The molecule has 2 aliphatic rings. The molecule has 1 aliphatic carbocycles. The van der Waals surface area contributed by atoms with Gasteiger partial charge in [0.2, 0.25) is 6.08 Å². The second-order valence-electron chi connectivity index (χ2n) is 2.80. The second kappa shape index (κ2) is 1.43. The third-order valence-electron chi connectivity index (χ3n) is 2.13. The fourth-order valence-corrected chi connectivity index (χ4v) is 1.25. The number of isocyanates is 1. The molecule has 1 spiro atoms. The lowest BCUT2D eigenvalue weighted by molar-refractivity contribution is -0.0522. The van der Waals surface area contributed by atoms with E-state index in [1.807, 2.05) is 0 Å². The van der Waals surface area contributed by atoms with Crippen LogP contribution in [0.4, 0.5) is 0 Å². The molecule has 2 fully saturated rings. The van der Waals surface area contributed by atoms with E-state index >= 15 is 0 Å². The maximum atomic E-state index is 9.75. The van der Waals surface area contributed by atoms with Crippen molar-refractivity contribution in [1.82, 2.24) is 0 Å². The summed E-state index contributed by atoms with van der Waals surface area (Å²) in [4.78, 5) is 13.4. The normalized spacial score (nSPS) is 34.9. The lowest BCUT2D eigenvalue weighted by Gasteiger charge is -2.25. The fourth-order valence-electron chi connectivity index (χ4n) is 1.25. The number of rotatable bonds is 1. The van der Waals surface area contributed by atoms with E-state index in [4.69, 9.17) is 4.74 Å². The van der Waals surface area contributed by atoms with Crippen LogP contribution >= 0.6 is 0 Å². The molecule has 1 saturated heterocycles. The SMILES string of the molecule is O=C=NC1CC12COC2. The van der Waals surface area contributed by atoms with E-state index in [2.05, 4.69) is 4.99 Å². The van der Waals surface area contributed by atoms with Crippen LogP contribution in [-0.4, -0.2) is 25.3 Å². The first kappa shape index (κ1) is 5.15. The molecule has 0 aromatic rings. The van der Waals surface area contributed by atoms with Crippen molar-refractivity contribution in [2.75, 3.05) is 13.2 Å². The summed E-state index contributed by atoms with van der Waals surface area (Å²) in [7, 11) is 0. The Kier molecular flexibility index (Phi) is 0.821. The molecule has 1 aliphatic heterocycles. The second-order valence-corrected chi connectivity index (χ2v) is 2.80. The topological polar surface area (TPSA) is 38.7 Å². The van der Waals surface area contributed by atoms with Crippen LogP contribution in [0.5, 0.6) is 0 Å². The Hall–Kier alpha value is -0.660. The van der Waals surface area contributed by atoms with Gasteiger partial charge in [-0.2, -0.15) is 0 Å². The zero-order valence-electron chi connectivity index (χ0n) is 4.96. The number of aliphatic imine (C=N–C) groups is 1. The summed E-state index contributed by atoms with van der Waals surface area (Å²) in [6.07, 6.45) is 2.60. The molecule has 2 rings (SSSR count). The van der Waals surface area contributed by atoms with Gasteiger partial charge in [-0.05, 0) is 6.42 Å². The van der Waals surface area contributed by atoms with Crippen LogP contribution in [0.25, 0.3) is 0 Å². The van der Waals surface area contributed by atoms with Gasteiger partial charge in [0.1, 0.15) is 0 Å². The molecule has 0 radical (unpaired) electrons. The molecule has 3 heteroatoms. The van der Waals surface area contributed by atoms with Crippen molar-refractivity contribution in [2.24, 2.45) is 10.4 Å². The standard InChI is InChI=1S/C6H7NO2/c8-4-7-5-1-6(5)2-9-3-6/h5H,1-3H2. The van der Waals surface area contributed by atoms with E-state index in [9.17, 15) is 4.79 Å². The number of carbonyl (C=O) groups excluding carboxylic acids is 1. The van der Waals surface area contributed by atoms with Crippen LogP contribution in [0.2, 0.25) is 0 Å². The van der Waals surface area contributed by atoms with Crippen LogP contribution in [0.3, 0.4) is 0 Å². The van der Waals surface area contributed by atoms with Crippen molar-refractivity contribution in [3.8, 4) is 0 Å². The highest BCUT2D eigenvalue weighted by Crippen LogP contribution is 2.53. The third-order valence-corrected chi connectivity index (χ3v) is 2.13. The molecule has 0 bridgehead atoms. The van der Waals surface area contributed by atoms with E-state index in [-0.39, 0.29) is 11.5 Å². The summed E-state index contributed by atoms with van der Waals surface area (Å²) in [5.74, 6) is 0. The lowest BCUT2D eigenvalue weighted by atomic mass is 10.1. The summed E-state index contributed by atoms with van der Waals surface area (Å²) in [6.45, 7) is 1.59. The van der Waals surface area contributed by atoms with Gasteiger partial charge in [-0.15, -0.1) is 0 Å². The summed E-state index contributed by atoms with van der Waals surface area (Å²) in [5, 5.41) is 0. The molecule has 3 nitrogen and oxygen atoms in total. The van der Waals surface area contributed by atoms with Gasteiger partial charge in [0.15, 0.2) is 0 Å². The first-order valence-corrected chi connectivity index (χ1v) is 3.02. The maximum absolute atomic E-state index is 9.75.